The van der Waals surface area contributed by atoms with E-state index in [1.54, 1.807) is 0 Å². The number of hydrogen-bond acceptors (Lipinski definition) is 4. The average molecular weight is 225 g/mol. The third kappa shape index (κ3) is 1.87. The smallest absolute Gasteiger partial charge is 0.406 e. The lowest BCUT2D eigenvalue weighted by atomic mass is 10.0. The molecule has 1 N–H and O–H groups in total. The van der Waals surface area contributed by atoms with E-state index in [0.29, 0.717) is 13.0 Å². The zero-order chi connectivity index (χ0) is 10.8. The van der Waals surface area contributed by atoms with E-state index in [0.717, 1.165) is 10.4 Å². The molecule has 1 aromatic heterocycles. The molecule has 0 radical (unpaired) electrons. The van der Waals surface area contributed by atoms with Crippen LogP contribution < -0.4 is 5.32 Å². The molecule has 1 amide bonds. The highest BCUT2D eigenvalue weighted by Crippen LogP contribution is 2.35. The summed E-state index contributed by atoms with van der Waals surface area (Å²) in [4.78, 5) is 23.2. The maximum Gasteiger partial charge on any atom is 0.406 e. The van der Waals surface area contributed by atoms with Gasteiger partial charge in [0.2, 0.25) is 0 Å². The summed E-state index contributed by atoms with van der Waals surface area (Å²) < 4.78 is 4.47. The van der Waals surface area contributed by atoms with Gasteiger partial charge in [0, 0.05) is 18.9 Å². The molecular formula is C10H11NO3S. The monoisotopic (exact) mass is 225 g/mol. The van der Waals surface area contributed by atoms with Gasteiger partial charge in [0.05, 0.1) is 12.0 Å². The number of amides is 1. The average Bonchev–Trinajstić information content (AvgIpc) is 2.80. The summed E-state index contributed by atoms with van der Waals surface area (Å²) in [5, 5.41) is 4.53. The second-order valence-electron chi connectivity index (χ2n) is 3.40. The van der Waals surface area contributed by atoms with Crippen molar-refractivity contribution >= 4 is 23.2 Å². The molecule has 5 heteroatoms. The number of thiophene rings is 1. The molecular weight excluding hydrogens is 214 g/mol. The van der Waals surface area contributed by atoms with Crippen molar-refractivity contribution in [2.45, 2.75) is 12.3 Å². The van der Waals surface area contributed by atoms with Gasteiger partial charge in [-0.1, -0.05) is 0 Å². The molecule has 1 heterocycles. The van der Waals surface area contributed by atoms with Crippen molar-refractivity contribution in [2.24, 2.45) is 0 Å². The quantitative estimate of drug-likeness (QED) is 0.834. The minimum atomic E-state index is -0.453. The Morgan fingerprint density at radius 3 is 3.27 bits per heavy atom. The summed E-state index contributed by atoms with van der Waals surface area (Å²) in [6.45, 7) is 0.460. The van der Waals surface area contributed by atoms with Gasteiger partial charge >= 0.3 is 6.09 Å². The number of ketones is 1. The Hall–Kier alpha value is -1.36. The molecule has 15 heavy (non-hydrogen) atoms. The molecule has 0 fully saturated rings. The van der Waals surface area contributed by atoms with Gasteiger partial charge in [-0.2, -0.15) is 0 Å². The van der Waals surface area contributed by atoms with Crippen LogP contribution in [0, 0.1) is 0 Å². The van der Waals surface area contributed by atoms with Gasteiger partial charge in [0.1, 0.15) is 0 Å². The molecule has 2 rings (SSSR count). The summed E-state index contributed by atoms with van der Waals surface area (Å²) >= 11 is 1.47. The summed E-state index contributed by atoms with van der Waals surface area (Å²) in [6, 6.07) is 1.95. The van der Waals surface area contributed by atoms with Crippen LogP contribution in [0.15, 0.2) is 11.4 Å². The third-order valence-corrected chi connectivity index (χ3v) is 3.47. The minimum Gasteiger partial charge on any atom is -0.453 e. The highest BCUT2D eigenvalue weighted by atomic mass is 32.1. The highest BCUT2D eigenvalue weighted by molar-refractivity contribution is 7.12. The van der Waals surface area contributed by atoms with Gasteiger partial charge in [0.15, 0.2) is 5.78 Å². The maximum atomic E-state index is 11.5. The first kappa shape index (κ1) is 10.2. The first-order valence-corrected chi connectivity index (χ1v) is 5.52. The predicted octanol–water partition coefficient (Wildman–Crippen LogP) is 1.77. The van der Waals surface area contributed by atoms with Crippen LogP contribution in [0.4, 0.5) is 4.79 Å². The Kier molecular flexibility index (Phi) is 2.73. The molecule has 0 aliphatic heterocycles. The summed E-state index contributed by atoms with van der Waals surface area (Å²) in [7, 11) is 1.32. The van der Waals surface area contributed by atoms with E-state index in [4.69, 9.17) is 0 Å². The van der Waals surface area contributed by atoms with Gasteiger partial charge in [0.25, 0.3) is 0 Å². The number of nitrogens with one attached hydrogen (secondary N) is 1. The maximum absolute atomic E-state index is 11.5. The Labute approximate surface area is 91.2 Å². The van der Waals surface area contributed by atoms with Gasteiger partial charge in [-0.15, -0.1) is 11.3 Å². The third-order valence-electron chi connectivity index (χ3n) is 2.50. The van der Waals surface area contributed by atoms with Gasteiger partial charge < -0.3 is 10.1 Å². The molecule has 1 aliphatic rings. The van der Waals surface area contributed by atoms with Crippen molar-refractivity contribution in [3.8, 4) is 0 Å². The summed E-state index contributed by atoms with van der Waals surface area (Å²) in [6.07, 6.45) is 0.0394. The van der Waals surface area contributed by atoms with E-state index in [9.17, 15) is 9.59 Å². The lowest BCUT2D eigenvalue weighted by molar-refractivity contribution is 0.0990. The molecule has 0 saturated carbocycles. The van der Waals surface area contributed by atoms with Crippen LogP contribution in [0.25, 0.3) is 0 Å². The van der Waals surface area contributed by atoms with Crippen molar-refractivity contribution in [3.63, 3.8) is 0 Å². The number of rotatable bonds is 2. The van der Waals surface area contributed by atoms with Crippen LogP contribution in [-0.2, 0) is 4.74 Å². The van der Waals surface area contributed by atoms with Crippen LogP contribution in [0.2, 0.25) is 0 Å². The number of carbonyl (C=O) groups is 2. The fourth-order valence-corrected chi connectivity index (χ4v) is 2.69. The van der Waals surface area contributed by atoms with Crippen LogP contribution >= 0.6 is 11.3 Å². The molecule has 0 bridgehead atoms. The van der Waals surface area contributed by atoms with E-state index in [1.165, 1.54) is 18.4 Å². The van der Waals surface area contributed by atoms with Crippen molar-refractivity contribution in [3.05, 3.63) is 21.9 Å². The number of hydrogen-bond donors (Lipinski definition) is 1. The molecule has 1 atom stereocenters. The van der Waals surface area contributed by atoms with Crippen molar-refractivity contribution in [2.75, 3.05) is 13.7 Å². The predicted molar refractivity (Wildman–Crippen MR) is 56.4 cm³/mol. The second kappa shape index (κ2) is 4.02. The zero-order valence-corrected chi connectivity index (χ0v) is 9.10. The largest absolute Gasteiger partial charge is 0.453 e. The van der Waals surface area contributed by atoms with Gasteiger partial charge in [-0.05, 0) is 17.0 Å². The van der Waals surface area contributed by atoms with E-state index < -0.39 is 6.09 Å². The first-order chi connectivity index (χ1) is 7.22. The molecule has 1 aliphatic carbocycles. The number of fused-ring (bicyclic) bond motifs is 1. The first-order valence-electron chi connectivity index (χ1n) is 4.64. The molecule has 4 nitrogen and oxygen atoms in total. The Bertz CT molecular complexity index is 399. The van der Waals surface area contributed by atoms with Gasteiger partial charge in [-0.3, -0.25) is 4.79 Å². The number of carbonyl (C=O) groups excluding carboxylic acids is 2. The zero-order valence-electron chi connectivity index (χ0n) is 8.28. The van der Waals surface area contributed by atoms with E-state index in [2.05, 4.69) is 10.1 Å². The highest BCUT2D eigenvalue weighted by Gasteiger charge is 2.30. The fourth-order valence-electron chi connectivity index (χ4n) is 1.75. The molecule has 0 spiro atoms. The number of ether oxygens (including phenoxy) is 1. The molecule has 0 saturated heterocycles. The van der Waals surface area contributed by atoms with Crippen molar-refractivity contribution in [1.29, 1.82) is 0 Å². The normalized spacial score (nSPS) is 18.7. The van der Waals surface area contributed by atoms with Crippen LogP contribution in [0.1, 0.15) is 27.6 Å². The number of Topliss-reactive ketones (excluding diaryl/α,β-unsaturated/α-hetero) is 1. The van der Waals surface area contributed by atoms with Crippen LogP contribution in [-0.4, -0.2) is 25.5 Å². The summed E-state index contributed by atoms with van der Waals surface area (Å²) in [5.41, 5.74) is 1.06. The fraction of sp³-hybridized carbons (Fsp3) is 0.400. The lowest BCUT2D eigenvalue weighted by Crippen LogP contribution is -2.27. The molecule has 80 valence electrons. The lowest BCUT2D eigenvalue weighted by Gasteiger charge is -2.09. The molecule has 1 unspecified atom stereocenters. The number of methoxy groups -OCH3 is 1. The van der Waals surface area contributed by atoms with Gasteiger partial charge in [-0.25, -0.2) is 4.79 Å². The second-order valence-corrected chi connectivity index (χ2v) is 4.32. The van der Waals surface area contributed by atoms with Crippen LogP contribution in [0.3, 0.4) is 0 Å². The topological polar surface area (TPSA) is 55.4 Å². The van der Waals surface area contributed by atoms with E-state index in [1.807, 2.05) is 11.4 Å². The summed E-state index contributed by atoms with van der Waals surface area (Å²) in [5.74, 6) is 0.287. The minimum absolute atomic E-state index is 0.109. The van der Waals surface area contributed by atoms with Crippen molar-refractivity contribution < 1.29 is 14.3 Å². The Balaban J connectivity index is 2.02. The van der Waals surface area contributed by atoms with E-state index in [-0.39, 0.29) is 11.7 Å². The van der Waals surface area contributed by atoms with E-state index >= 15 is 0 Å². The molecule has 1 aromatic rings. The molecule has 0 aromatic carbocycles. The van der Waals surface area contributed by atoms with Crippen LogP contribution in [0.5, 0.6) is 0 Å². The Morgan fingerprint density at radius 1 is 1.73 bits per heavy atom. The van der Waals surface area contributed by atoms with Crippen molar-refractivity contribution in [1.82, 2.24) is 5.32 Å². The standard InChI is InChI=1S/C10H11NO3S/c1-14-10(13)11-5-6-4-8(12)9-7(6)2-3-15-9/h2-3,6H,4-5H2,1H3,(H,11,13). The SMILES string of the molecule is COC(=O)NCC1CC(=O)c2sccc21. The number of alkyl carbamates (subject to hydrolysis) is 1. The Morgan fingerprint density at radius 2 is 2.53 bits per heavy atom.